The van der Waals surface area contributed by atoms with Crippen molar-refractivity contribution in [3.8, 4) is 0 Å². The average Bonchev–Trinajstić information content (AvgIpc) is 3.08. The van der Waals surface area contributed by atoms with Gasteiger partial charge in [-0.3, -0.25) is 4.99 Å². The molecule has 1 aromatic rings. The van der Waals surface area contributed by atoms with Crippen molar-refractivity contribution < 1.29 is 4.74 Å². The molecule has 2 N–H and O–H groups in total. The number of ether oxygens (including phenoxy) is 1. The van der Waals surface area contributed by atoms with E-state index in [1.807, 2.05) is 7.05 Å². The monoisotopic (exact) mass is 445 g/mol. The third-order valence-corrected chi connectivity index (χ3v) is 4.33. The summed E-state index contributed by atoms with van der Waals surface area (Å²) in [5.74, 6) is 1.47. The van der Waals surface area contributed by atoms with E-state index in [2.05, 4.69) is 53.7 Å². The van der Waals surface area contributed by atoms with Gasteiger partial charge in [-0.2, -0.15) is 0 Å². The Labute approximate surface area is 163 Å². The Bertz CT molecular complexity index is 482. The van der Waals surface area contributed by atoms with Crippen LogP contribution in [0.15, 0.2) is 29.3 Å². The largest absolute Gasteiger partial charge is 0.376 e. The van der Waals surface area contributed by atoms with Crippen LogP contribution in [0.4, 0.5) is 0 Å². The number of aryl methyl sites for hydroxylation is 1. The highest BCUT2D eigenvalue weighted by atomic mass is 127. The Morgan fingerprint density at radius 2 is 2.00 bits per heavy atom. The summed E-state index contributed by atoms with van der Waals surface area (Å²) in [6.45, 7) is 7.13. The predicted octanol–water partition coefficient (Wildman–Crippen LogP) is 3.70. The number of halogens is 1. The number of aliphatic imine (C=N–C) groups is 1. The highest BCUT2D eigenvalue weighted by Gasteiger charge is 2.15. The first-order valence-corrected chi connectivity index (χ1v) is 8.84. The summed E-state index contributed by atoms with van der Waals surface area (Å²) in [6.07, 6.45) is 4.85. The molecule has 2 rings (SSSR count). The van der Waals surface area contributed by atoms with Gasteiger partial charge in [-0.05, 0) is 42.7 Å². The molecule has 24 heavy (non-hydrogen) atoms. The number of nitrogens with one attached hydrogen (secondary N) is 2. The van der Waals surface area contributed by atoms with E-state index in [1.165, 1.54) is 17.5 Å². The SMILES string of the molecule is CN=C(NCCCc1ccc(C(C)C)cc1)NCC1CCCO1.I. The number of guanidine groups is 1. The van der Waals surface area contributed by atoms with Crippen LogP contribution in [0.5, 0.6) is 0 Å². The van der Waals surface area contributed by atoms with Crippen LogP contribution in [-0.4, -0.2) is 38.8 Å². The maximum Gasteiger partial charge on any atom is 0.191 e. The molecule has 0 saturated carbocycles. The molecule has 1 unspecified atom stereocenters. The standard InChI is InChI=1S/C19H31N3O.HI/c1-15(2)17-10-8-16(9-11-17)6-4-12-21-19(20-3)22-14-18-7-5-13-23-18;/h8-11,15,18H,4-7,12-14H2,1-3H3,(H2,20,21,22);1H. The fourth-order valence-electron chi connectivity index (χ4n) is 2.80. The van der Waals surface area contributed by atoms with Crippen LogP contribution < -0.4 is 10.6 Å². The van der Waals surface area contributed by atoms with Crippen molar-refractivity contribution in [2.24, 2.45) is 4.99 Å². The van der Waals surface area contributed by atoms with Gasteiger partial charge in [-0.15, -0.1) is 24.0 Å². The summed E-state index contributed by atoms with van der Waals surface area (Å²) in [5.41, 5.74) is 2.81. The molecule has 0 aromatic heterocycles. The number of benzene rings is 1. The lowest BCUT2D eigenvalue weighted by atomic mass is 10.0. The molecular weight excluding hydrogens is 413 g/mol. The molecule has 1 aliphatic rings. The zero-order chi connectivity index (χ0) is 16.5. The van der Waals surface area contributed by atoms with Crippen molar-refractivity contribution in [1.29, 1.82) is 0 Å². The Morgan fingerprint density at radius 1 is 1.25 bits per heavy atom. The maximum absolute atomic E-state index is 5.61. The lowest BCUT2D eigenvalue weighted by Gasteiger charge is -2.15. The molecule has 1 heterocycles. The molecule has 1 atom stereocenters. The van der Waals surface area contributed by atoms with Gasteiger partial charge in [-0.25, -0.2) is 0 Å². The number of rotatable bonds is 7. The number of hydrogen-bond acceptors (Lipinski definition) is 2. The molecule has 0 bridgehead atoms. The van der Waals surface area contributed by atoms with Crippen molar-refractivity contribution in [3.63, 3.8) is 0 Å². The number of nitrogens with zero attached hydrogens (tertiary/aromatic N) is 1. The second-order valence-electron chi connectivity index (χ2n) is 6.51. The number of hydrogen-bond donors (Lipinski definition) is 2. The first-order valence-electron chi connectivity index (χ1n) is 8.84. The van der Waals surface area contributed by atoms with Crippen molar-refractivity contribution in [2.75, 3.05) is 26.7 Å². The molecule has 1 aliphatic heterocycles. The lowest BCUT2D eigenvalue weighted by Crippen LogP contribution is -2.41. The molecule has 0 radical (unpaired) electrons. The fourth-order valence-corrected chi connectivity index (χ4v) is 2.80. The Hall–Kier alpha value is -0.820. The van der Waals surface area contributed by atoms with Gasteiger partial charge in [0.05, 0.1) is 6.10 Å². The summed E-state index contributed by atoms with van der Waals surface area (Å²) in [5, 5.41) is 6.72. The smallest absolute Gasteiger partial charge is 0.191 e. The summed E-state index contributed by atoms with van der Waals surface area (Å²) in [6, 6.07) is 8.99. The van der Waals surface area contributed by atoms with Crippen molar-refractivity contribution in [3.05, 3.63) is 35.4 Å². The van der Waals surface area contributed by atoms with Gasteiger partial charge in [0.2, 0.25) is 0 Å². The second-order valence-corrected chi connectivity index (χ2v) is 6.51. The Morgan fingerprint density at radius 3 is 2.58 bits per heavy atom. The summed E-state index contributed by atoms with van der Waals surface area (Å²) >= 11 is 0. The maximum atomic E-state index is 5.61. The molecule has 1 fully saturated rings. The zero-order valence-corrected chi connectivity index (χ0v) is 17.5. The van der Waals surface area contributed by atoms with Crippen LogP contribution in [0.2, 0.25) is 0 Å². The molecule has 0 aliphatic carbocycles. The van der Waals surface area contributed by atoms with E-state index in [0.29, 0.717) is 12.0 Å². The molecule has 0 amide bonds. The molecule has 4 nitrogen and oxygen atoms in total. The van der Waals surface area contributed by atoms with Crippen molar-refractivity contribution in [1.82, 2.24) is 10.6 Å². The quantitative estimate of drug-likeness (QED) is 0.291. The average molecular weight is 445 g/mol. The van der Waals surface area contributed by atoms with Gasteiger partial charge in [0, 0.05) is 26.7 Å². The Kier molecular flexibility index (Phi) is 10.3. The van der Waals surface area contributed by atoms with Crippen molar-refractivity contribution in [2.45, 2.75) is 51.6 Å². The minimum Gasteiger partial charge on any atom is -0.376 e. The normalized spacial score (nSPS) is 17.7. The molecule has 136 valence electrons. The van der Waals surface area contributed by atoms with Gasteiger partial charge in [0.25, 0.3) is 0 Å². The first-order chi connectivity index (χ1) is 11.2. The molecule has 1 saturated heterocycles. The fraction of sp³-hybridized carbons (Fsp3) is 0.632. The molecular formula is C19H32IN3O. The lowest BCUT2D eigenvalue weighted by molar-refractivity contribution is 0.114. The third kappa shape index (κ3) is 7.38. The van der Waals surface area contributed by atoms with E-state index in [4.69, 9.17) is 4.74 Å². The van der Waals surface area contributed by atoms with E-state index in [-0.39, 0.29) is 24.0 Å². The van der Waals surface area contributed by atoms with Gasteiger partial charge < -0.3 is 15.4 Å². The topological polar surface area (TPSA) is 45.7 Å². The van der Waals surface area contributed by atoms with Gasteiger partial charge in [-0.1, -0.05) is 38.1 Å². The summed E-state index contributed by atoms with van der Waals surface area (Å²) in [4.78, 5) is 4.26. The van der Waals surface area contributed by atoms with E-state index < -0.39 is 0 Å². The summed E-state index contributed by atoms with van der Waals surface area (Å²) < 4.78 is 5.61. The van der Waals surface area contributed by atoms with Crippen LogP contribution in [0, 0.1) is 0 Å². The van der Waals surface area contributed by atoms with E-state index in [0.717, 1.165) is 44.9 Å². The van der Waals surface area contributed by atoms with Crippen molar-refractivity contribution >= 4 is 29.9 Å². The third-order valence-electron chi connectivity index (χ3n) is 4.33. The van der Waals surface area contributed by atoms with E-state index >= 15 is 0 Å². The minimum absolute atomic E-state index is 0. The van der Waals surface area contributed by atoms with E-state index in [9.17, 15) is 0 Å². The minimum atomic E-state index is 0. The van der Waals surface area contributed by atoms with Crippen LogP contribution in [0.1, 0.15) is 50.2 Å². The van der Waals surface area contributed by atoms with Gasteiger partial charge in [0.15, 0.2) is 5.96 Å². The molecule has 0 spiro atoms. The van der Waals surface area contributed by atoms with Crippen LogP contribution in [0.3, 0.4) is 0 Å². The molecule has 1 aromatic carbocycles. The molecule has 5 heteroatoms. The highest BCUT2D eigenvalue weighted by Crippen LogP contribution is 2.15. The van der Waals surface area contributed by atoms with Crippen LogP contribution in [0.25, 0.3) is 0 Å². The zero-order valence-electron chi connectivity index (χ0n) is 15.2. The highest BCUT2D eigenvalue weighted by molar-refractivity contribution is 14.0. The van der Waals surface area contributed by atoms with Crippen LogP contribution >= 0.6 is 24.0 Å². The summed E-state index contributed by atoms with van der Waals surface area (Å²) in [7, 11) is 1.81. The first kappa shape index (κ1) is 21.2. The predicted molar refractivity (Wildman–Crippen MR) is 113 cm³/mol. The van der Waals surface area contributed by atoms with Gasteiger partial charge >= 0.3 is 0 Å². The second kappa shape index (κ2) is 11.7. The van der Waals surface area contributed by atoms with Gasteiger partial charge in [0.1, 0.15) is 0 Å². The Balaban J connectivity index is 0.00000288. The van der Waals surface area contributed by atoms with Crippen LogP contribution in [-0.2, 0) is 11.2 Å². The van der Waals surface area contributed by atoms with E-state index in [1.54, 1.807) is 0 Å².